The maximum absolute atomic E-state index is 11.6. The Balaban J connectivity index is 1.81. The van der Waals surface area contributed by atoms with E-state index in [1.807, 2.05) is 30.3 Å². The number of aryl methyl sites for hydroxylation is 1. The lowest BCUT2D eigenvalue weighted by Crippen LogP contribution is -1.99. The summed E-state index contributed by atoms with van der Waals surface area (Å²) in [6, 6.07) is 12.7. The van der Waals surface area contributed by atoms with Gasteiger partial charge in [-0.1, -0.05) is 50.8 Å². The van der Waals surface area contributed by atoms with Crippen LogP contribution in [0.4, 0.5) is 0 Å². The van der Waals surface area contributed by atoms with Crippen molar-refractivity contribution >= 4 is 16.9 Å². The van der Waals surface area contributed by atoms with E-state index in [1.165, 1.54) is 25.7 Å². The molecule has 3 aromatic rings. The van der Waals surface area contributed by atoms with E-state index in [1.54, 1.807) is 12.1 Å². The van der Waals surface area contributed by atoms with E-state index < -0.39 is 5.97 Å². The van der Waals surface area contributed by atoms with Crippen molar-refractivity contribution in [2.45, 2.75) is 45.4 Å². The summed E-state index contributed by atoms with van der Waals surface area (Å²) in [4.78, 5) is 16.1. The van der Waals surface area contributed by atoms with Gasteiger partial charge in [-0.25, -0.2) is 9.78 Å². The first-order valence-corrected chi connectivity index (χ1v) is 8.91. The minimum absolute atomic E-state index is 0.248. The van der Waals surface area contributed by atoms with E-state index in [0.717, 1.165) is 18.6 Å². The molecular weight excluding hydrogens is 314 g/mol. The molecule has 0 saturated carbocycles. The predicted octanol–water partition coefficient (Wildman–Crippen LogP) is 5.71. The molecule has 1 aromatic carbocycles. The van der Waals surface area contributed by atoms with Crippen LogP contribution in [0.3, 0.4) is 0 Å². The topological polar surface area (TPSA) is 63.3 Å². The average molecular weight is 337 g/mol. The lowest BCUT2D eigenvalue weighted by Gasteiger charge is -2.05. The Kier molecular flexibility index (Phi) is 5.49. The maximum atomic E-state index is 11.6. The van der Waals surface area contributed by atoms with E-state index in [4.69, 9.17) is 4.42 Å². The van der Waals surface area contributed by atoms with E-state index in [0.29, 0.717) is 22.4 Å². The second-order valence-corrected chi connectivity index (χ2v) is 6.31. The monoisotopic (exact) mass is 337 g/mol. The molecule has 0 unspecified atom stereocenters. The summed E-state index contributed by atoms with van der Waals surface area (Å²) in [5.41, 5.74) is 1.47. The third-order valence-electron chi connectivity index (χ3n) is 4.39. The first-order valence-electron chi connectivity index (χ1n) is 8.91. The molecule has 0 saturated heterocycles. The number of furan rings is 1. The van der Waals surface area contributed by atoms with Crippen molar-refractivity contribution in [1.29, 1.82) is 0 Å². The molecule has 0 spiro atoms. The quantitative estimate of drug-likeness (QED) is 0.535. The summed E-state index contributed by atoms with van der Waals surface area (Å²) in [5, 5.41) is 10.1. The minimum Gasteiger partial charge on any atom is -0.478 e. The number of unbranched alkanes of at least 4 members (excludes halogenated alkanes) is 4. The van der Waals surface area contributed by atoms with Crippen LogP contribution in [0.25, 0.3) is 22.4 Å². The smallest absolute Gasteiger partial charge is 0.336 e. The zero-order chi connectivity index (χ0) is 17.6. The van der Waals surface area contributed by atoms with Crippen LogP contribution in [-0.4, -0.2) is 16.1 Å². The summed E-state index contributed by atoms with van der Waals surface area (Å²) in [5.74, 6) is 0.595. The number of carboxylic acids is 1. The molecule has 25 heavy (non-hydrogen) atoms. The van der Waals surface area contributed by atoms with Gasteiger partial charge in [0.05, 0.1) is 11.1 Å². The molecule has 2 aromatic heterocycles. The van der Waals surface area contributed by atoms with Gasteiger partial charge in [0, 0.05) is 11.8 Å². The van der Waals surface area contributed by atoms with Gasteiger partial charge in [-0.05, 0) is 30.7 Å². The highest BCUT2D eigenvalue weighted by Gasteiger charge is 2.14. The third-order valence-corrected chi connectivity index (χ3v) is 4.39. The lowest BCUT2D eigenvalue weighted by molar-refractivity contribution is 0.0699. The van der Waals surface area contributed by atoms with Crippen LogP contribution in [0, 0.1) is 0 Å². The molecule has 130 valence electrons. The lowest BCUT2D eigenvalue weighted by atomic mass is 10.1. The van der Waals surface area contributed by atoms with E-state index >= 15 is 0 Å². The number of benzene rings is 1. The Morgan fingerprint density at radius 2 is 1.88 bits per heavy atom. The number of fused-ring (bicyclic) bond motifs is 1. The van der Waals surface area contributed by atoms with Crippen molar-refractivity contribution in [2.24, 2.45) is 0 Å². The molecular formula is C21H23NO3. The number of hydrogen-bond acceptors (Lipinski definition) is 3. The van der Waals surface area contributed by atoms with Crippen LogP contribution in [-0.2, 0) is 6.42 Å². The molecule has 0 fully saturated rings. The molecule has 4 nitrogen and oxygen atoms in total. The van der Waals surface area contributed by atoms with Gasteiger partial charge < -0.3 is 9.52 Å². The van der Waals surface area contributed by atoms with E-state index in [-0.39, 0.29) is 5.56 Å². The van der Waals surface area contributed by atoms with Crippen LogP contribution >= 0.6 is 0 Å². The van der Waals surface area contributed by atoms with Gasteiger partial charge in [0.25, 0.3) is 0 Å². The zero-order valence-corrected chi connectivity index (χ0v) is 14.5. The third kappa shape index (κ3) is 4.08. The molecule has 0 bridgehead atoms. The van der Waals surface area contributed by atoms with Crippen LogP contribution in [0.2, 0.25) is 0 Å². The van der Waals surface area contributed by atoms with Crippen molar-refractivity contribution < 1.29 is 14.3 Å². The van der Waals surface area contributed by atoms with Crippen molar-refractivity contribution in [2.75, 3.05) is 0 Å². The molecule has 0 amide bonds. The van der Waals surface area contributed by atoms with E-state index in [9.17, 15) is 9.90 Å². The highest BCUT2D eigenvalue weighted by molar-refractivity contribution is 6.03. The molecule has 1 N–H and O–H groups in total. The van der Waals surface area contributed by atoms with Crippen LogP contribution in [0.15, 0.2) is 46.9 Å². The van der Waals surface area contributed by atoms with Gasteiger partial charge in [0.15, 0.2) is 5.76 Å². The average Bonchev–Trinajstić information content (AvgIpc) is 3.09. The highest BCUT2D eigenvalue weighted by Crippen LogP contribution is 2.27. The fourth-order valence-electron chi connectivity index (χ4n) is 3.03. The maximum Gasteiger partial charge on any atom is 0.336 e. The van der Waals surface area contributed by atoms with Gasteiger partial charge in [0.2, 0.25) is 0 Å². The summed E-state index contributed by atoms with van der Waals surface area (Å²) >= 11 is 0. The molecule has 0 aliphatic carbocycles. The number of aromatic nitrogens is 1. The van der Waals surface area contributed by atoms with Crippen molar-refractivity contribution in [3.8, 4) is 11.5 Å². The molecule has 2 heterocycles. The zero-order valence-electron chi connectivity index (χ0n) is 14.5. The Labute approximate surface area is 147 Å². The molecule has 0 atom stereocenters. The van der Waals surface area contributed by atoms with Gasteiger partial charge in [0.1, 0.15) is 11.5 Å². The standard InChI is InChI=1S/C21H23NO3/c1-2-3-4-5-6-9-15-12-13-20(25-15)19-14-17(21(23)24)16-10-7-8-11-18(16)22-19/h7-8,10-14H,2-6,9H2,1H3,(H,23,24). The Morgan fingerprint density at radius 3 is 2.68 bits per heavy atom. The SMILES string of the molecule is CCCCCCCc1ccc(-c2cc(C(=O)O)c3ccccc3n2)o1. The number of rotatable bonds is 8. The molecule has 0 aliphatic rings. The highest BCUT2D eigenvalue weighted by atomic mass is 16.4. The second-order valence-electron chi connectivity index (χ2n) is 6.31. The normalized spacial score (nSPS) is 11.1. The number of carboxylic acid groups (broad SMARTS) is 1. The predicted molar refractivity (Wildman–Crippen MR) is 98.9 cm³/mol. The number of nitrogens with zero attached hydrogens (tertiary/aromatic N) is 1. The van der Waals surface area contributed by atoms with Crippen molar-refractivity contribution in [1.82, 2.24) is 4.98 Å². The van der Waals surface area contributed by atoms with Crippen molar-refractivity contribution in [3.63, 3.8) is 0 Å². The van der Waals surface area contributed by atoms with E-state index in [2.05, 4.69) is 11.9 Å². The van der Waals surface area contributed by atoms with Crippen LogP contribution in [0.5, 0.6) is 0 Å². The van der Waals surface area contributed by atoms with Crippen LogP contribution < -0.4 is 0 Å². The first-order chi connectivity index (χ1) is 12.2. The molecule has 3 rings (SSSR count). The van der Waals surface area contributed by atoms with Crippen LogP contribution in [0.1, 0.15) is 55.1 Å². The Bertz CT molecular complexity index is 866. The fourth-order valence-corrected chi connectivity index (χ4v) is 3.03. The summed E-state index contributed by atoms with van der Waals surface area (Å²) in [6.07, 6.45) is 7.01. The van der Waals surface area contributed by atoms with Crippen molar-refractivity contribution in [3.05, 3.63) is 53.8 Å². The largest absolute Gasteiger partial charge is 0.478 e. The fraction of sp³-hybridized carbons (Fsp3) is 0.333. The summed E-state index contributed by atoms with van der Waals surface area (Å²) in [6.45, 7) is 2.21. The summed E-state index contributed by atoms with van der Waals surface area (Å²) < 4.78 is 5.90. The molecule has 0 aliphatic heterocycles. The Morgan fingerprint density at radius 1 is 1.08 bits per heavy atom. The number of para-hydroxylation sites is 1. The molecule has 0 radical (unpaired) electrons. The second kappa shape index (κ2) is 7.97. The molecule has 4 heteroatoms. The van der Waals surface area contributed by atoms with Gasteiger partial charge in [-0.2, -0.15) is 0 Å². The van der Waals surface area contributed by atoms with Gasteiger partial charge in [-0.3, -0.25) is 0 Å². The number of aromatic carboxylic acids is 1. The number of hydrogen-bond donors (Lipinski definition) is 1. The Hall–Kier alpha value is -2.62. The van der Waals surface area contributed by atoms with Gasteiger partial charge in [-0.15, -0.1) is 0 Å². The number of pyridine rings is 1. The number of carbonyl (C=O) groups is 1. The summed E-state index contributed by atoms with van der Waals surface area (Å²) in [7, 11) is 0. The first kappa shape index (κ1) is 17.2. The van der Waals surface area contributed by atoms with Gasteiger partial charge >= 0.3 is 5.97 Å². The minimum atomic E-state index is -0.956.